The predicted molar refractivity (Wildman–Crippen MR) is 118 cm³/mol. The maximum atomic E-state index is 12.6. The third-order valence-corrected chi connectivity index (χ3v) is 5.84. The van der Waals surface area contributed by atoms with Crippen molar-refractivity contribution in [3.8, 4) is 0 Å². The molecule has 3 rings (SSSR count). The van der Waals surface area contributed by atoms with Gasteiger partial charge in [0.15, 0.2) is 0 Å². The minimum atomic E-state index is -1.40. The molecule has 0 aliphatic heterocycles. The van der Waals surface area contributed by atoms with E-state index in [1.54, 1.807) is 18.2 Å². The SMILES string of the molecule is CCc1cc(C(=N)c2cc(NS(=O)c3cccc(P)c3)ccc2N)[nH]c1C. The quantitative estimate of drug-likeness (QED) is 0.290. The van der Waals surface area contributed by atoms with Gasteiger partial charge in [-0.3, -0.25) is 5.41 Å². The summed E-state index contributed by atoms with van der Waals surface area (Å²) in [6, 6.07) is 14.7. The molecule has 2 aromatic carbocycles. The molecule has 0 saturated carbocycles. The van der Waals surface area contributed by atoms with Crippen molar-refractivity contribution >= 4 is 42.6 Å². The summed E-state index contributed by atoms with van der Waals surface area (Å²) < 4.78 is 15.6. The molecule has 3 aromatic rings. The molecular formula is C20H23N4OPS. The van der Waals surface area contributed by atoms with E-state index in [0.717, 1.165) is 23.1 Å². The second-order valence-electron chi connectivity index (χ2n) is 6.31. The molecule has 1 aromatic heterocycles. The number of rotatable bonds is 6. The molecule has 0 spiro atoms. The van der Waals surface area contributed by atoms with Gasteiger partial charge in [0.05, 0.1) is 16.3 Å². The van der Waals surface area contributed by atoms with Gasteiger partial charge in [-0.25, -0.2) is 4.21 Å². The van der Waals surface area contributed by atoms with Crippen LogP contribution in [0.15, 0.2) is 53.4 Å². The maximum absolute atomic E-state index is 12.6. The first-order valence-corrected chi connectivity index (χ1v) is 10.3. The molecule has 0 amide bonds. The lowest BCUT2D eigenvalue weighted by Crippen LogP contribution is -2.10. The van der Waals surface area contributed by atoms with Gasteiger partial charge in [0.25, 0.3) is 0 Å². The summed E-state index contributed by atoms with van der Waals surface area (Å²) in [7, 11) is 1.20. The molecule has 140 valence electrons. The van der Waals surface area contributed by atoms with Crippen molar-refractivity contribution in [2.45, 2.75) is 25.2 Å². The Balaban J connectivity index is 1.87. The highest BCUT2D eigenvalue weighted by Gasteiger charge is 2.14. The smallest absolute Gasteiger partial charge is 0.150 e. The van der Waals surface area contributed by atoms with E-state index in [9.17, 15) is 4.21 Å². The molecule has 0 bridgehead atoms. The number of anilines is 2. The molecule has 0 aliphatic carbocycles. The number of hydrogen-bond acceptors (Lipinski definition) is 3. The summed E-state index contributed by atoms with van der Waals surface area (Å²) >= 11 is 0. The van der Waals surface area contributed by atoms with Crippen molar-refractivity contribution in [2.75, 3.05) is 10.5 Å². The lowest BCUT2D eigenvalue weighted by molar-refractivity contribution is 0.686. The van der Waals surface area contributed by atoms with Crippen LogP contribution >= 0.6 is 9.24 Å². The van der Waals surface area contributed by atoms with Crippen LogP contribution in [0, 0.1) is 12.3 Å². The van der Waals surface area contributed by atoms with E-state index in [1.165, 1.54) is 5.56 Å². The number of nitrogens with one attached hydrogen (secondary N) is 3. The Morgan fingerprint density at radius 2 is 2.04 bits per heavy atom. The minimum Gasteiger partial charge on any atom is -0.398 e. The number of nitrogens with two attached hydrogens (primary N) is 1. The summed E-state index contributed by atoms with van der Waals surface area (Å²) in [6.45, 7) is 4.09. The monoisotopic (exact) mass is 398 g/mol. The zero-order chi connectivity index (χ0) is 19.6. The standard InChI is InChI=1S/C20H23N4OPS/c1-3-13-9-19(23-12(13)2)20(22)17-10-14(7-8-18(17)21)24-27(25)16-6-4-5-15(26)11-16/h4-11,22-24H,3,21,26H2,1-2H3. The molecular weight excluding hydrogens is 375 g/mol. The lowest BCUT2D eigenvalue weighted by atomic mass is 10.0. The van der Waals surface area contributed by atoms with Gasteiger partial charge < -0.3 is 15.4 Å². The van der Waals surface area contributed by atoms with E-state index in [2.05, 4.69) is 25.9 Å². The van der Waals surface area contributed by atoms with Crippen LogP contribution in [0.1, 0.15) is 29.4 Å². The van der Waals surface area contributed by atoms with E-state index < -0.39 is 11.0 Å². The van der Waals surface area contributed by atoms with Gasteiger partial charge in [-0.1, -0.05) is 19.1 Å². The van der Waals surface area contributed by atoms with Crippen LogP contribution in [-0.2, 0) is 17.4 Å². The number of aromatic amines is 1. The summed E-state index contributed by atoms with van der Waals surface area (Å²) in [5.74, 6) is 0. The van der Waals surface area contributed by atoms with Crippen molar-refractivity contribution < 1.29 is 4.21 Å². The first-order chi connectivity index (χ1) is 12.9. The van der Waals surface area contributed by atoms with E-state index in [1.807, 2.05) is 37.3 Å². The number of aryl methyl sites for hydroxylation is 2. The highest BCUT2D eigenvalue weighted by molar-refractivity contribution is 7.86. The number of hydrogen-bond donors (Lipinski definition) is 4. The first kappa shape index (κ1) is 19.3. The third kappa shape index (κ3) is 4.29. The third-order valence-electron chi connectivity index (χ3n) is 4.38. The fraction of sp³-hybridized carbons (Fsp3) is 0.150. The fourth-order valence-corrected chi connectivity index (χ4v) is 4.20. The maximum Gasteiger partial charge on any atom is 0.150 e. The molecule has 0 saturated heterocycles. The molecule has 27 heavy (non-hydrogen) atoms. The largest absolute Gasteiger partial charge is 0.398 e. The molecule has 5 nitrogen and oxygen atoms in total. The van der Waals surface area contributed by atoms with Crippen molar-refractivity contribution in [3.63, 3.8) is 0 Å². The highest BCUT2D eigenvalue weighted by Crippen LogP contribution is 2.23. The van der Waals surface area contributed by atoms with E-state index in [0.29, 0.717) is 27.5 Å². The average molecular weight is 398 g/mol. The van der Waals surface area contributed by atoms with Crippen LogP contribution in [-0.4, -0.2) is 14.9 Å². The predicted octanol–water partition coefficient (Wildman–Crippen LogP) is 3.52. The van der Waals surface area contributed by atoms with Crippen molar-refractivity contribution in [3.05, 3.63) is 71.0 Å². The van der Waals surface area contributed by atoms with Gasteiger partial charge in [0.1, 0.15) is 11.0 Å². The summed E-state index contributed by atoms with van der Waals surface area (Å²) in [4.78, 5) is 3.93. The van der Waals surface area contributed by atoms with Gasteiger partial charge in [-0.15, -0.1) is 9.24 Å². The van der Waals surface area contributed by atoms with Crippen LogP contribution in [0.4, 0.5) is 11.4 Å². The van der Waals surface area contributed by atoms with E-state index in [-0.39, 0.29) is 0 Å². The molecule has 7 heteroatoms. The Bertz CT molecular complexity index is 1030. The Morgan fingerprint density at radius 3 is 2.70 bits per heavy atom. The van der Waals surface area contributed by atoms with Crippen LogP contribution in [0.5, 0.6) is 0 Å². The minimum absolute atomic E-state index is 0.316. The Hall–Kier alpha value is -2.43. The van der Waals surface area contributed by atoms with Gasteiger partial charge in [0, 0.05) is 22.6 Å². The highest BCUT2D eigenvalue weighted by atomic mass is 32.2. The van der Waals surface area contributed by atoms with Crippen LogP contribution in [0.25, 0.3) is 0 Å². The Labute approximate surface area is 164 Å². The molecule has 0 fully saturated rings. The van der Waals surface area contributed by atoms with Gasteiger partial charge in [-0.05, 0) is 60.6 Å². The summed E-state index contributed by atoms with van der Waals surface area (Å²) in [5.41, 5.74) is 11.1. The van der Waals surface area contributed by atoms with Crippen LogP contribution in [0.2, 0.25) is 0 Å². The average Bonchev–Trinajstić information content (AvgIpc) is 3.03. The van der Waals surface area contributed by atoms with Gasteiger partial charge in [0.2, 0.25) is 0 Å². The molecule has 2 unspecified atom stereocenters. The Kier molecular flexibility index (Phi) is 5.78. The molecule has 0 aliphatic rings. The molecule has 2 atom stereocenters. The molecule has 5 N–H and O–H groups in total. The topological polar surface area (TPSA) is 94.8 Å². The zero-order valence-electron chi connectivity index (χ0n) is 15.3. The van der Waals surface area contributed by atoms with Crippen LogP contribution < -0.4 is 15.8 Å². The molecule has 0 radical (unpaired) electrons. The van der Waals surface area contributed by atoms with Crippen molar-refractivity contribution in [1.29, 1.82) is 5.41 Å². The number of benzene rings is 2. The zero-order valence-corrected chi connectivity index (χ0v) is 17.3. The summed E-state index contributed by atoms with van der Waals surface area (Å²) in [5, 5.41) is 9.52. The number of aromatic nitrogens is 1. The Morgan fingerprint density at radius 1 is 1.26 bits per heavy atom. The lowest BCUT2D eigenvalue weighted by Gasteiger charge is -2.11. The summed E-state index contributed by atoms with van der Waals surface area (Å²) in [6.07, 6.45) is 0.903. The number of H-pyrrole nitrogens is 1. The number of nitrogen functional groups attached to an aromatic ring is 1. The fourth-order valence-electron chi connectivity index (χ4n) is 2.88. The van der Waals surface area contributed by atoms with Gasteiger partial charge in [-0.2, -0.15) is 0 Å². The second kappa shape index (κ2) is 8.07. The van der Waals surface area contributed by atoms with Crippen molar-refractivity contribution in [2.24, 2.45) is 0 Å². The van der Waals surface area contributed by atoms with E-state index in [4.69, 9.17) is 11.1 Å². The molecule has 1 heterocycles. The second-order valence-corrected chi connectivity index (χ2v) is 8.19. The van der Waals surface area contributed by atoms with Crippen molar-refractivity contribution in [1.82, 2.24) is 4.98 Å². The normalized spacial score (nSPS) is 12.0. The van der Waals surface area contributed by atoms with Crippen LogP contribution in [0.3, 0.4) is 0 Å². The first-order valence-electron chi connectivity index (χ1n) is 8.60. The van der Waals surface area contributed by atoms with E-state index >= 15 is 0 Å². The van der Waals surface area contributed by atoms with Gasteiger partial charge >= 0.3 is 0 Å².